The molecule has 0 aliphatic carbocycles. The van der Waals surface area contributed by atoms with Crippen LogP contribution in [-0.2, 0) is 0 Å². The van der Waals surface area contributed by atoms with Crippen molar-refractivity contribution >= 4 is 39.4 Å². The predicted octanol–water partition coefficient (Wildman–Crippen LogP) is 5.72. The standard InChI is InChI=1S/C23H18N4O4S/c1-31-19-13-9-17(10-14-19)25-23-26-20(15-7-11-18(12-8-15)27(29)30)21(32-23)22(28)24-16-5-3-2-4-6-16/h2-14H,1H3,(H,24,28)(H,25,26). The van der Waals surface area contributed by atoms with E-state index in [2.05, 4.69) is 15.6 Å². The average Bonchev–Trinajstić information content (AvgIpc) is 3.24. The molecule has 1 aromatic heterocycles. The predicted molar refractivity (Wildman–Crippen MR) is 125 cm³/mol. The number of rotatable bonds is 7. The fraction of sp³-hybridized carbons (Fsp3) is 0.0435. The number of aromatic nitrogens is 1. The van der Waals surface area contributed by atoms with Gasteiger partial charge in [-0.1, -0.05) is 29.5 Å². The molecular formula is C23H18N4O4S. The van der Waals surface area contributed by atoms with E-state index in [1.54, 1.807) is 31.4 Å². The number of carbonyl (C=O) groups is 1. The lowest BCUT2D eigenvalue weighted by molar-refractivity contribution is -0.384. The van der Waals surface area contributed by atoms with Gasteiger partial charge >= 0.3 is 0 Å². The number of nitro groups is 1. The number of para-hydroxylation sites is 1. The van der Waals surface area contributed by atoms with Gasteiger partial charge in [0.25, 0.3) is 11.6 Å². The Morgan fingerprint density at radius 3 is 2.28 bits per heavy atom. The van der Waals surface area contributed by atoms with Crippen molar-refractivity contribution in [3.8, 4) is 17.0 Å². The summed E-state index contributed by atoms with van der Waals surface area (Å²) in [7, 11) is 1.59. The van der Waals surface area contributed by atoms with Gasteiger partial charge < -0.3 is 15.4 Å². The molecule has 0 aliphatic rings. The molecule has 9 heteroatoms. The largest absolute Gasteiger partial charge is 0.497 e. The molecule has 2 N–H and O–H groups in total. The van der Waals surface area contributed by atoms with Crippen molar-refractivity contribution in [1.82, 2.24) is 4.98 Å². The Hall–Kier alpha value is -4.24. The molecule has 0 bridgehead atoms. The summed E-state index contributed by atoms with van der Waals surface area (Å²) in [5.74, 6) is 0.411. The SMILES string of the molecule is COc1ccc(Nc2nc(-c3ccc([N+](=O)[O-])cc3)c(C(=O)Nc3ccccc3)s2)cc1. The number of anilines is 3. The summed E-state index contributed by atoms with van der Waals surface area (Å²) >= 11 is 1.20. The first kappa shape index (κ1) is 21.0. The van der Waals surface area contributed by atoms with Crippen LogP contribution >= 0.6 is 11.3 Å². The first-order valence-corrected chi connectivity index (χ1v) is 10.4. The lowest BCUT2D eigenvalue weighted by atomic mass is 10.1. The molecule has 8 nitrogen and oxygen atoms in total. The van der Waals surface area contributed by atoms with Crippen molar-refractivity contribution in [2.75, 3.05) is 17.7 Å². The second-order valence-corrected chi connectivity index (χ2v) is 7.67. The highest BCUT2D eigenvalue weighted by Crippen LogP contribution is 2.34. The number of nitrogens with one attached hydrogen (secondary N) is 2. The lowest BCUT2D eigenvalue weighted by Crippen LogP contribution is -2.11. The van der Waals surface area contributed by atoms with Crippen molar-refractivity contribution in [1.29, 1.82) is 0 Å². The zero-order valence-corrected chi connectivity index (χ0v) is 17.8. The van der Waals surface area contributed by atoms with Gasteiger partial charge in [0, 0.05) is 29.1 Å². The molecule has 4 aromatic rings. The summed E-state index contributed by atoms with van der Waals surface area (Å²) in [6.07, 6.45) is 0. The Kier molecular flexibility index (Phi) is 6.09. The van der Waals surface area contributed by atoms with Gasteiger partial charge in [-0.25, -0.2) is 4.98 Å². The van der Waals surface area contributed by atoms with Crippen LogP contribution in [0.4, 0.5) is 22.2 Å². The maximum absolute atomic E-state index is 13.0. The Bertz CT molecular complexity index is 1240. The summed E-state index contributed by atoms with van der Waals surface area (Å²) < 4.78 is 5.17. The number of hydrogen-bond acceptors (Lipinski definition) is 7. The molecule has 0 radical (unpaired) electrons. The van der Waals surface area contributed by atoms with Crippen molar-refractivity contribution in [2.24, 2.45) is 0 Å². The molecule has 0 saturated carbocycles. The molecule has 4 rings (SSSR count). The number of thiazole rings is 1. The monoisotopic (exact) mass is 446 g/mol. The second-order valence-electron chi connectivity index (χ2n) is 6.67. The number of carbonyl (C=O) groups excluding carboxylic acids is 1. The average molecular weight is 446 g/mol. The van der Waals surface area contributed by atoms with E-state index in [9.17, 15) is 14.9 Å². The van der Waals surface area contributed by atoms with E-state index >= 15 is 0 Å². The highest BCUT2D eigenvalue weighted by molar-refractivity contribution is 7.18. The fourth-order valence-electron chi connectivity index (χ4n) is 2.97. The molecule has 32 heavy (non-hydrogen) atoms. The molecule has 0 unspecified atom stereocenters. The number of amides is 1. The van der Waals surface area contributed by atoms with E-state index in [-0.39, 0.29) is 11.6 Å². The van der Waals surface area contributed by atoms with Gasteiger partial charge in [-0.15, -0.1) is 0 Å². The van der Waals surface area contributed by atoms with E-state index in [1.807, 2.05) is 42.5 Å². The number of ether oxygens (including phenoxy) is 1. The molecule has 0 aliphatic heterocycles. The smallest absolute Gasteiger partial charge is 0.269 e. The quantitative estimate of drug-likeness (QED) is 0.278. The summed E-state index contributed by atoms with van der Waals surface area (Å²) in [4.78, 5) is 28.5. The van der Waals surface area contributed by atoms with Crippen LogP contribution in [0.3, 0.4) is 0 Å². The van der Waals surface area contributed by atoms with E-state index in [0.29, 0.717) is 27.0 Å². The van der Waals surface area contributed by atoms with Crippen molar-refractivity contribution in [3.63, 3.8) is 0 Å². The minimum atomic E-state index is -0.468. The van der Waals surface area contributed by atoms with E-state index < -0.39 is 4.92 Å². The lowest BCUT2D eigenvalue weighted by Gasteiger charge is -2.05. The number of hydrogen-bond donors (Lipinski definition) is 2. The molecule has 160 valence electrons. The van der Waals surface area contributed by atoms with Crippen molar-refractivity contribution < 1.29 is 14.5 Å². The Balaban J connectivity index is 1.68. The Morgan fingerprint density at radius 1 is 0.969 bits per heavy atom. The molecule has 0 spiro atoms. The van der Waals surface area contributed by atoms with E-state index in [0.717, 1.165) is 11.4 Å². The zero-order chi connectivity index (χ0) is 22.5. The van der Waals surface area contributed by atoms with Crippen LogP contribution in [0.5, 0.6) is 5.75 Å². The molecule has 0 fully saturated rings. The maximum Gasteiger partial charge on any atom is 0.269 e. The number of benzene rings is 3. The van der Waals surface area contributed by atoms with Crippen molar-refractivity contribution in [3.05, 3.63) is 93.9 Å². The third-order valence-corrected chi connectivity index (χ3v) is 5.53. The number of non-ortho nitro benzene ring substituents is 1. The molecule has 0 atom stereocenters. The van der Waals surface area contributed by atoms with E-state index in [4.69, 9.17) is 4.74 Å². The number of nitro benzene ring substituents is 1. The van der Waals surface area contributed by atoms with Crippen LogP contribution in [0.15, 0.2) is 78.9 Å². The topological polar surface area (TPSA) is 106 Å². The molecule has 3 aromatic carbocycles. The number of methoxy groups -OCH3 is 1. The second kappa shape index (κ2) is 9.27. The molecule has 1 heterocycles. The van der Waals surface area contributed by atoms with Gasteiger partial charge in [0.1, 0.15) is 10.6 Å². The Labute approximate surface area is 187 Å². The van der Waals surface area contributed by atoms with Crippen LogP contribution in [0.1, 0.15) is 9.67 Å². The summed E-state index contributed by atoms with van der Waals surface area (Å²) in [5.41, 5.74) is 2.45. The highest BCUT2D eigenvalue weighted by Gasteiger charge is 2.21. The third-order valence-electron chi connectivity index (χ3n) is 4.56. The van der Waals surface area contributed by atoms with Gasteiger partial charge in [-0.3, -0.25) is 14.9 Å². The van der Waals surface area contributed by atoms with Gasteiger partial charge in [-0.05, 0) is 48.5 Å². The third kappa shape index (κ3) is 4.73. The first-order valence-electron chi connectivity index (χ1n) is 9.56. The van der Waals surface area contributed by atoms with Crippen LogP contribution < -0.4 is 15.4 Å². The molecule has 0 saturated heterocycles. The fourth-order valence-corrected chi connectivity index (χ4v) is 3.87. The van der Waals surface area contributed by atoms with Gasteiger partial charge in [-0.2, -0.15) is 0 Å². The van der Waals surface area contributed by atoms with Crippen LogP contribution in [0.25, 0.3) is 11.3 Å². The first-order chi connectivity index (χ1) is 15.5. The van der Waals surface area contributed by atoms with Crippen LogP contribution in [-0.4, -0.2) is 22.9 Å². The normalized spacial score (nSPS) is 10.4. The van der Waals surface area contributed by atoms with Crippen LogP contribution in [0, 0.1) is 10.1 Å². The summed E-state index contributed by atoms with van der Waals surface area (Å²) in [6, 6.07) is 22.4. The van der Waals surface area contributed by atoms with Gasteiger partial charge in [0.15, 0.2) is 5.13 Å². The minimum Gasteiger partial charge on any atom is -0.497 e. The molecular weight excluding hydrogens is 428 g/mol. The highest BCUT2D eigenvalue weighted by atomic mass is 32.1. The molecule has 1 amide bonds. The van der Waals surface area contributed by atoms with Crippen LogP contribution in [0.2, 0.25) is 0 Å². The van der Waals surface area contributed by atoms with E-state index in [1.165, 1.54) is 23.5 Å². The van der Waals surface area contributed by atoms with Gasteiger partial charge in [0.2, 0.25) is 0 Å². The van der Waals surface area contributed by atoms with Crippen molar-refractivity contribution in [2.45, 2.75) is 0 Å². The summed E-state index contributed by atoms with van der Waals surface area (Å²) in [5, 5.41) is 17.6. The number of nitrogens with zero attached hydrogens (tertiary/aromatic N) is 2. The summed E-state index contributed by atoms with van der Waals surface area (Å²) in [6.45, 7) is 0. The minimum absolute atomic E-state index is 0.0316. The Morgan fingerprint density at radius 2 is 1.66 bits per heavy atom. The maximum atomic E-state index is 13.0. The zero-order valence-electron chi connectivity index (χ0n) is 16.9. The van der Waals surface area contributed by atoms with Gasteiger partial charge in [0.05, 0.1) is 17.7 Å².